The number of nitrogens with zero attached hydrogens (tertiary/aromatic N) is 1. The third-order valence-corrected chi connectivity index (χ3v) is 4.04. The van der Waals surface area contributed by atoms with E-state index in [0.29, 0.717) is 12.0 Å². The Kier molecular flexibility index (Phi) is 3.42. The van der Waals surface area contributed by atoms with Crippen molar-refractivity contribution in [2.45, 2.75) is 38.8 Å². The first-order chi connectivity index (χ1) is 9.60. The zero-order chi connectivity index (χ0) is 14.3. The molecule has 0 aromatic heterocycles. The summed E-state index contributed by atoms with van der Waals surface area (Å²) < 4.78 is 0. The number of carbonyl (C=O) groups is 1. The summed E-state index contributed by atoms with van der Waals surface area (Å²) in [6.45, 7) is 5.58. The van der Waals surface area contributed by atoms with Crippen LogP contribution in [-0.4, -0.2) is 25.5 Å². The number of nitrogens with one attached hydrogen (secondary N) is 2. The van der Waals surface area contributed by atoms with Crippen LogP contribution in [0, 0.1) is 5.92 Å². The molecule has 1 unspecified atom stereocenters. The van der Waals surface area contributed by atoms with E-state index in [9.17, 15) is 4.79 Å². The lowest BCUT2D eigenvalue weighted by molar-refractivity contribution is -0.117. The molecule has 3 rings (SSSR count). The quantitative estimate of drug-likeness (QED) is 0.866. The Labute approximate surface area is 120 Å². The molecule has 108 valence electrons. The van der Waals surface area contributed by atoms with Gasteiger partial charge in [0.05, 0.1) is 0 Å². The average molecular weight is 273 g/mol. The first kappa shape index (κ1) is 13.4. The summed E-state index contributed by atoms with van der Waals surface area (Å²) in [6, 6.07) is 6.85. The van der Waals surface area contributed by atoms with Crippen molar-refractivity contribution in [1.82, 2.24) is 5.32 Å². The second kappa shape index (κ2) is 5.09. The number of likely N-dealkylation sites (N-methyl/N-ethyl adjacent to an activating group) is 1. The largest absolute Gasteiger partial charge is 0.368 e. The molecule has 0 spiro atoms. The smallest absolute Gasteiger partial charge is 0.246 e. The maximum Gasteiger partial charge on any atom is 0.246 e. The van der Waals surface area contributed by atoms with E-state index in [2.05, 4.69) is 47.6 Å². The molecule has 1 fully saturated rings. The van der Waals surface area contributed by atoms with Gasteiger partial charge >= 0.3 is 0 Å². The van der Waals surface area contributed by atoms with Gasteiger partial charge in [-0.25, -0.2) is 0 Å². The highest BCUT2D eigenvalue weighted by atomic mass is 16.2. The fourth-order valence-corrected chi connectivity index (χ4v) is 2.96. The van der Waals surface area contributed by atoms with Crippen molar-refractivity contribution >= 4 is 17.3 Å². The van der Waals surface area contributed by atoms with E-state index < -0.39 is 0 Å². The number of fused-ring (bicyclic) bond motifs is 1. The summed E-state index contributed by atoms with van der Waals surface area (Å²) in [5.74, 6) is 0.685. The Balaban J connectivity index is 1.88. The molecule has 2 N–H and O–H groups in total. The minimum absolute atomic E-state index is 0.0430. The third-order valence-electron chi connectivity index (χ3n) is 4.04. The third kappa shape index (κ3) is 2.40. The summed E-state index contributed by atoms with van der Waals surface area (Å²) in [5, 5.41) is 6.04. The predicted octanol–water partition coefficient (Wildman–Crippen LogP) is 2.52. The Morgan fingerprint density at radius 1 is 1.40 bits per heavy atom. The molecule has 1 aliphatic carbocycles. The lowest BCUT2D eigenvalue weighted by atomic mass is 10.1. The Morgan fingerprint density at radius 2 is 2.15 bits per heavy atom. The Hall–Kier alpha value is -1.55. The number of anilines is 2. The minimum Gasteiger partial charge on any atom is -0.368 e. The van der Waals surface area contributed by atoms with Gasteiger partial charge in [0.2, 0.25) is 5.91 Å². The van der Waals surface area contributed by atoms with E-state index in [1.807, 2.05) is 7.05 Å². The maximum absolute atomic E-state index is 11.9. The average Bonchev–Trinajstić information content (AvgIpc) is 3.18. The second-order valence-electron chi connectivity index (χ2n) is 6.26. The zero-order valence-corrected chi connectivity index (χ0v) is 12.4. The van der Waals surface area contributed by atoms with E-state index in [0.717, 1.165) is 17.8 Å². The lowest BCUT2D eigenvalue weighted by Gasteiger charge is -2.27. The van der Waals surface area contributed by atoms with Gasteiger partial charge in [-0.15, -0.1) is 0 Å². The first-order valence-electron chi connectivity index (χ1n) is 7.49. The normalized spacial score (nSPS) is 21.0. The summed E-state index contributed by atoms with van der Waals surface area (Å²) in [5.41, 5.74) is 3.25. The minimum atomic E-state index is -0.210. The standard InChI is InChI=1S/C16H23N3O/c1-10(2)9-19(11-4-5-11)12-6-7-13-14(8-12)18-16(20)15(13)17-3/h6-8,10-11,15,17H,4-5,9H2,1-3H3,(H,18,20). The van der Waals surface area contributed by atoms with Gasteiger partial charge in [0, 0.05) is 29.5 Å². The van der Waals surface area contributed by atoms with Gasteiger partial charge in [0.25, 0.3) is 0 Å². The summed E-state index contributed by atoms with van der Waals surface area (Å²) in [4.78, 5) is 14.4. The van der Waals surface area contributed by atoms with Gasteiger partial charge in [0.15, 0.2) is 0 Å². The van der Waals surface area contributed by atoms with E-state index >= 15 is 0 Å². The number of hydrogen-bond acceptors (Lipinski definition) is 3. The molecule has 1 aromatic rings. The van der Waals surface area contributed by atoms with Crippen LogP contribution in [-0.2, 0) is 4.79 Å². The van der Waals surface area contributed by atoms with Crippen molar-refractivity contribution in [3.05, 3.63) is 23.8 Å². The lowest BCUT2D eigenvalue weighted by Crippen LogP contribution is -2.29. The molecule has 0 radical (unpaired) electrons. The van der Waals surface area contributed by atoms with Crippen LogP contribution in [0.5, 0.6) is 0 Å². The summed E-state index contributed by atoms with van der Waals surface area (Å²) in [6.07, 6.45) is 2.57. The Bertz CT molecular complexity index is 522. The first-order valence-corrected chi connectivity index (χ1v) is 7.49. The summed E-state index contributed by atoms with van der Waals surface area (Å²) in [7, 11) is 1.82. The number of hydrogen-bond donors (Lipinski definition) is 2. The second-order valence-corrected chi connectivity index (χ2v) is 6.26. The van der Waals surface area contributed by atoms with Crippen LogP contribution in [0.3, 0.4) is 0 Å². The number of carbonyl (C=O) groups excluding carboxylic acids is 1. The Morgan fingerprint density at radius 3 is 2.75 bits per heavy atom. The zero-order valence-electron chi connectivity index (χ0n) is 12.4. The van der Waals surface area contributed by atoms with Crippen molar-refractivity contribution in [1.29, 1.82) is 0 Å². The molecule has 1 aromatic carbocycles. The molecule has 2 aliphatic rings. The van der Waals surface area contributed by atoms with Crippen molar-refractivity contribution in [2.24, 2.45) is 5.92 Å². The van der Waals surface area contributed by atoms with Gasteiger partial charge in [-0.3, -0.25) is 4.79 Å². The van der Waals surface area contributed by atoms with E-state index in [-0.39, 0.29) is 11.9 Å². The van der Waals surface area contributed by atoms with Crippen LogP contribution >= 0.6 is 0 Å². The molecule has 4 heteroatoms. The fraction of sp³-hybridized carbons (Fsp3) is 0.562. The van der Waals surface area contributed by atoms with Gasteiger partial charge in [-0.1, -0.05) is 19.9 Å². The predicted molar refractivity (Wildman–Crippen MR) is 82.1 cm³/mol. The van der Waals surface area contributed by atoms with Crippen LogP contribution < -0.4 is 15.5 Å². The molecule has 0 bridgehead atoms. The fourth-order valence-electron chi connectivity index (χ4n) is 2.96. The highest BCUT2D eigenvalue weighted by molar-refractivity contribution is 6.03. The van der Waals surface area contributed by atoms with Crippen LogP contribution in [0.25, 0.3) is 0 Å². The van der Waals surface area contributed by atoms with Gasteiger partial charge in [-0.05, 0) is 37.9 Å². The SMILES string of the molecule is CNC1C(=O)Nc2cc(N(CC(C)C)C3CC3)ccc21. The number of rotatable bonds is 5. The van der Waals surface area contributed by atoms with Crippen molar-refractivity contribution in [2.75, 3.05) is 23.8 Å². The number of benzene rings is 1. The molecular formula is C16H23N3O. The van der Waals surface area contributed by atoms with Gasteiger partial charge in [0.1, 0.15) is 6.04 Å². The molecule has 4 nitrogen and oxygen atoms in total. The van der Waals surface area contributed by atoms with Crippen molar-refractivity contribution in [3.8, 4) is 0 Å². The maximum atomic E-state index is 11.9. The van der Waals surface area contributed by atoms with Crippen LogP contribution in [0.4, 0.5) is 11.4 Å². The van der Waals surface area contributed by atoms with Crippen LogP contribution in [0.1, 0.15) is 38.3 Å². The van der Waals surface area contributed by atoms with Crippen molar-refractivity contribution < 1.29 is 4.79 Å². The van der Waals surface area contributed by atoms with E-state index in [1.54, 1.807) is 0 Å². The molecule has 1 aliphatic heterocycles. The molecule has 1 amide bonds. The molecule has 1 atom stereocenters. The van der Waals surface area contributed by atoms with E-state index in [4.69, 9.17) is 0 Å². The monoisotopic (exact) mass is 273 g/mol. The molecule has 1 saturated carbocycles. The summed E-state index contributed by atoms with van der Waals surface area (Å²) >= 11 is 0. The van der Waals surface area contributed by atoms with Crippen LogP contribution in [0.2, 0.25) is 0 Å². The molecule has 0 saturated heterocycles. The topological polar surface area (TPSA) is 44.4 Å². The highest BCUT2D eigenvalue weighted by Gasteiger charge is 2.32. The van der Waals surface area contributed by atoms with Crippen LogP contribution in [0.15, 0.2) is 18.2 Å². The van der Waals surface area contributed by atoms with E-state index in [1.165, 1.54) is 18.5 Å². The number of amides is 1. The molecular weight excluding hydrogens is 250 g/mol. The highest BCUT2D eigenvalue weighted by Crippen LogP contribution is 2.37. The van der Waals surface area contributed by atoms with Crippen molar-refractivity contribution in [3.63, 3.8) is 0 Å². The molecule has 1 heterocycles. The molecule has 20 heavy (non-hydrogen) atoms. The van der Waals surface area contributed by atoms with Gasteiger partial charge < -0.3 is 15.5 Å². The van der Waals surface area contributed by atoms with Gasteiger partial charge in [-0.2, -0.15) is 0 Å².